The standard InChI is InChI=1S/C22H29N5O5/c23-5-6-24-7-9-26-13-1-2-14(27-10-8-25-11-12-28)18-17(13)21(31)19-15(29)3-4-16(30)20(19)22(18)32/h1-4,24-30H,5-12,23H2. The summed E-state index contributed by atoms with van der Waals surface area (Å²) in [5, 5.41) is 41.9. The molecule has 2 aromatic carbocycles. The maximum atomic E-state index is 13.4. The minimum absolute atomic E-state index is 0.0163. The largest absolute Gasteiger partial charge is 0.507 e. The monoisotopic (exact) mass is 443 g/mol. The fraction of sp³-hybridized carbons (Fsp3) is 0.364. The van der Waals surface area contributed by atoms with Crippen LogP contribution in [0, 0.1) is 0 Å². The number of ketones is 2. The van der Waals surface area contributed by atoms with Gasteiger partial charge in [-0.3, -0.25) is 9.59 Å². The number of phenols is 2. The zero-order chi connectivity index (χ0) is 23.1. The van der Waals surface area contributed by atoms with Crippen molar-refractivity contribution in [1.82, 2.24) is 10.6 Å². The third-order valence-corrected chi connectivity index (χ3v) is 5.12. The van der Waals surface area contributed by atoms with Crippen molar-refractivity contribution in [2.75, 3.05) is 63.1 Å². The van der Waals surface area contributed by atoms with Crippen LogP contribution in [0.2, 0.25) is 0 Å². The Morgan fingerprint density at radius 2 is 1.12 bits per heavy atom. The molecular formula is C22H29N5O5. The first-order valence-electron chi connectivity index (χ1n) is 10.5. The van der Waals surface area contributed by atoms with Crippen LogP contribution in [0.15, 0.2) is 24.3 Å². The van der Waals surface area contributed by atoms with E-state index in [0.29, 0.717) is 57.2 Å². The van der Waals surface area contributed by atoms with E-state index in [-0.39, 0.29) is 40.4 Å². The molecular weight excluding hydrogens is 414 g/mol. The zero-order valence-corrected chi connectivity index (χ0v) is 17.7. The number of fused-ring (bicyclic) bond motifs is 2. The van der Waals surface area contributed by atoms with E-state index in [1.165, 1.54) is 12.1 Å². The number of carbonyl (C=O) groups is 2. The lowest BCUT2D eigenvalue weighted by atomic mass is 9.81. The number of phenolic OH excluding ortho intramolecular Hbond substituents is 2. The van der Waals surface area contributed by atoms with Gasteiger partial charge >= 0.3 is 0 Å². The van der Waals surface area contributed by atoms with Gasteiger partial charge in [0.25, 0.3) is 0 Å². The Balaban J connectivity index is 1.97. The first kappa shape index (κ1) is 23.5. The third kappa shape index (κ3) is 4.83. The second kappa shape index (κ2) is 10.9. The number of anilines is 2. The van der Waals surface area contributed by atoms with Crippen LogP contribution >= 0.6 is 0 Å². The summed E-state index contributed by atoms with van der Waals surface area (Å²) in [5.74, 6) is -1.80. The van der Waals surface area contributed by atoms with Gasteiger partial charge in [0.1, 0.15) is 11.5 Å². The topological polar surface area (TPSA) is 169 Å². The van der Waals surface area contributed by atoms with Crippen LogP contribution in [-0.4, -0.2) is 79.3 Å². The molecule has 0 fully saturated rings. The summed E-state index contributed by atoms with van der Waals surface area (Å²) in [6.07, 6.45) is 0. The van der Waals surface area contributed by atoms with Crippen molar-refractivity contribution in [1.29, 1.82) is 0 Å². The molecule has 1 aliphatic rings. The Hall–Kier alpha value is -3.18. The predicted molar refractivity (Wildman–Crippen MR) is 122 cm³/mol. The number of rotatable bonds is 12. The quantitative estimate of drug-likeness (QED) is 0.139. The van der Waals surface area contributed by atoms with Crippen molar-refractivity contribution in [2.45, 2.75) is 0 Å². The predicted octanol–water partition coefficient (Wildman–Crippen LogP) is -0.173. The first-order valence-corrected chi connectivity index (χ1v) is 10.5. The third-order valence-electron chi connectivity index (χ3n) is 5.12. The van der Waals surface area contributed by atoms with Gasteiger partial charge in [-0.05, 0) is 24.3 Å². The van der Waals surface area contributed by atoms with Gasteiger partial charge in [0.15, 0.2) is 0 Å². The maximum Gasteiger partial charge on any atom is 0.200 e. The van der Waals surface area contributed by atoms with Crippen molar-refractivity contribution in [2.24, 2.45) is 5.73 Å². The number of hydrogen-bond acceptors (Lipinski definition) is 10. The molecule has 10 heteroatoms. The lowest BCUT2D eigenvalue weighted by molar-refractivity contribution is 0.0975. The van der Waals surface area contributed by atoms with Gasteiger partial charge in [-0.1, -0.05) is 0 Å². The molecule has 9 N–H and O–H groups in total. The van der Waals surface area contributed by atoms with Gasteiger partial charge < -0.3 is 42.3 Å². The van der Waals surface area contributed by atoms with Crippen molar-refractivity contribution >= 4 is 22.9 Å². The molecule has 3 rings (SSSR count). The number of aromatic hydroxyl groups is 2. The molecule has 0 aromatic heterocycles. The second-order valence-electron chi connectivity index (χ2n) is 7.29. The maximum absolute atomic E-state index is 13.4. The van der Waals surface area contributed by atoms with Gasteiger partial charge in [-0.25, -0.2) is 0 Å². The lowest BCUT2D eigenvalue weighted by Gasteiger charge is -2.25. The molecule has 0 radical (unpaired) electrons. The number of carbonyl (C=O) groups excluding carboxylic acids is 2. The van der Waals surface area contributed by atoms with E-state index in [2.05, 4.69) is 21.3 Å². The number of nitrogens with one attached hydrogen (secondary N) is 4. The highest BCUT2D eigenvalue weighted by atomic mass is 16.3. The minimum Gasteiger partial charge on any atom is -0.507 e. The number of benzene rings is 2. The van der Waals surface area contributed by atoms with E-state index < -0.39 is 11.6 Å². The molecule has 0 saturated carbocycles. The minimum atomic E-state index is -0.543. The summed E-state index contributed by atoms with van der Waals surface area (Å²) in [6.45, 7) is 3.70. The molecule has 172 valence electrons. The fourth-order valence-electron chi connectivity index (χ4n) is 3.66. The number of hydrogen-bond donors (Lipinski definition) is 8. The Morgan fingerprint density at radius 1 is 0.656 bits per heavy atom. The van der Waals surface area contributed by atoms with E-state index in [0.717, 1.165) is 0 Å². The molecule has 0 spiro atoms. The van der Waals surface area contributed by atoms with Crippen LogP contribution in [0.1, 0.15) is 31.8 Å². The normalized spacial score (nSPS) is 12.4. The van der Waals surface area contributed by atoms with Crippen molar-refractivity contribution in [3.05, 3.63) is 46.5 Å². The average molecular weight is 444 g/mol. The SMILES string of the molecule is NCCNCCNc1ccc(NCCNCCO)c2c1C(=O)c1c(O)ccc(O)c1C2=O. The summed E-state index contributed by atoms with van der Waals surface area (Å²) < 4.78 is 0. The summed E-state index contributed by atoms with van der Waals surface area (Å²) in [4.78, 5) is 26.8. The number of aliphatic hydroxyl groups is 1. The highest BCUT2D eigenvalue weighted by molar-refractivity contribution is 6.33. The lowest BCUT2D eigenvalue weighted by Crippen LogP contribution is -2.29. The smallest absolute Gasteiger partial charge is 0.200 e. The first-order chi connectivity index (χ1) is 15.5. The molecule has 0 bridgehead atoms. The fourth-order valence-corrected chi connectivity index (χ4v) is 3.66. The van der Waals surface area contributed by atoms with Crippen LogP contribution in [0.4, 0.5) is 11.4 Å². The van der Waals surface area contributed by atoms with Gasteiger partial charge in [0.2, 0.25) is 11.6 Å². The molecule has 0 atom stereocenters. The van der Waals surface area contributed by atoms with Gasteiger partial charge in [0, 0.05) is 57.2 Å². The molecule has 32 heavy (non-hydrogen) atoms. The van der Waals surface area contributed by atoms with Crippen molar-refractivity contribution < 1.29 is 24.9 Å². The van der Waals surface area contributed by atoms with E-state index in [4.69, 9.17) is 10.8 Å². The Bertz CT molecular complexity index is 917. The van der Waals surface area contributed by atoms with Crippen LogP contribution in [-0.2, 0) is 0 Å². The summed E-state index contributed by atoms with van der Waals surface area (Å²) in [5.41, 5.74) is 6.27. The van der Waals surface area contributed by atoms with Crippen LogP contribution < -0.4 is 27.0 Å². The number of nitrogens with two attached hydrogens (primary N) is 1. The van der Waals surface area contributed by atoms with Gasteiger partial charge in [-0.15, -0.1) is 0 Å². The summed E-state index contributed by atoms with van der Waals surface area (Å²) >= 11 is 0. The molecule has 1 aliphatic carbocycles. The Kier molecular flexibility index (Phi) is 8.01. The van der Waals surface area contributed by atoms with E-state index in [1.807, 2.05) is 0 Å². The zero-order valence-electron chi connectivity index (χ0n) is 17.7. The Labute approximate surface area is 185 Å². The van der Waals surface area contributed by atoms with Gasteiger partial charge in [-0.2, -0.15) is 0 Å². The van der Waals surface area contributed by atoms with Crippen LogP contribution in [0.25, 0.3) is 0 Å². The van der Waals surface area contributed by atoms with Crippen molar-refractivity contribution in [3.8, 4) is 11.5 Å². The molecule has 10 nitrogen and oxygen atoms in total. The van der Waals surface area contributed by atoms with E-state index in [9.17, 15) is 19.8 Å². The van der Waals surface area contributed by atoms with Gasteiger partial charge in [0.05, 0.1) is 28.9 Å². The van der Waals surface area contributed by atoms with Crippen molar-refractivity contribution in [3.63, 3.8) is 0 Å². The molecule has 0 aliphatic heterocycles. The number of aliphatic hydroxyl groups excluding tert-OH is 1. The highest BCUT2D eigenvalue weighted by Gasteiger charge is 2.37. The summed E-state index contributed by atoms with van der Waals surface area (Å²) in [7, 11) is 0. The molecule has 0 saturated heterocycles. The van der Waals surface area contributed by atoms with Crippen LogP contribution in [0.3, 0.4) is 0 Å². The van der Waals surface area contributed by atoms with E-state index >= 15 is 0 Å². The van der Waals surface area contributed by atoms with E-state index in [1.54, 1.807) is 12.1 Å². The average Bonchev–Trinajstić information content (AvgIpc) is 2.78. The van der Waals surface area contributed by atoms with Crippen LogP contribution in [0.5, 0.6) is 11.5 Å². The summed E-state index contributed by atoms with van der Waals surface area (Å²) in [6, 6.07) is 5.81. The Morgan fingerprint density at radius 3 is 1.56 bits per heavy atom. The molecule has 0 heterocycles. The molecule has 0 unspecified atom stereocenters. The molecule has 2 aromatic rings. The second-order valence-corrected chi connectivity index (χ2v) is 7.29. The highest BCUT2D eigenvalue weighted by Crippen LogP contribution is 2.42. The molecule has 0 amide bonds.